The number of methoxy groups -OCH3 is 1. The normalized spacial score (nSPS) is 22.8. The Morgan fingerprint density at radius 2 is 2.20 bits per heavy atom. The molecule has 2 rings (SSSR count). The first-order valence-electron chi connectivity index (χ1n) is 6.98. The third kappa shape index (κ3) is 3.95. The highest BCUT2D eigenvalue weighted by atomic mass is 16.5. The van der Waals surface area contributed by atoms with Crippen molar-refractivity contribution >= 4 is 6.09 Å². The van der Waals surface area contributed by atoms with E-state index in [1.54, 1.807) is 7.11 Å². The number of piperidine rings is 1. The van der Waals surface area contributed by atoms with E-state index < -0.39 is 6.09 Å². The number of carboxylic acid groups (broad SMARTS) is 1. The first kappa shape index (κ1) is 14.8. The molecule has 0 spiro atoms. The van der Waals surface area contributed by atoms with Gasteiger partial charge in [0.1, 0.15) is 0 Å². The maximum Gasteiger partial charge on any atom is 0.407 e. The fourth-order valence-electron chi connectivity index (χ4n) is 2.61. The van der Waals surface area contributed by atoms with Crippen molar-refractivity contribution in [3.8, 4) is 0 Å². The van der Waals surface area contributed by atoms with Crippen LogP contribution >= 0.6 is 0 Å². The lowest BCUT2D eigenvalue weighted by molar-refractivity contribution is 0.00990. The lowest BCUT2D eigenvalue weighted by Crippen LogP contribution is -2.54. The molecular formula is C15H22N2O3. The number of likely N-dealkylation sites (tertiary alicyclic amines) is 1. The third-order valence-corrected chi connectivity index (χ3v) is 3.80. The average Bonchev–Trinajstić information content (AvgIpc) is 2.48. The molecular weight excluding hydrogens is 256 g/mol. The van der Waals surface area contributed by atoms with Gasteiger partial charge in [-0.2, -0.15) is 0 Å². The van der Waals surface area contributed by atoms with Crippen LogP contribution in [0.3, 0.4) is 0 Å². The minimum atomic E-state index is -0.866. The topological polar surface area (TPSA) is 61.8 Å². The van der Waals surface area contributed by atoms with Crippen LogP contribution in [0.1, 0.15) is 12.0 Å². The van der Waals surface area contributed by atoms with Gasteiger partial charge in [-0.15, -0.1) is 0 Å². The first-order valence-corrected chi connectivity index (χ1v) is 6.98. The summed E-state index contributed by atoms with van der Waals surface area (Å²) in [5.74, 6) is 0. The van der Waals surface area contributed by atoms with Gasteiger partial charge in [0.05, 0.1) is 12.6 Å². The summed E-state index contributed by atoms with van der Waals surface area (Å²) in [6.07, 6.45) is 0.820. The van der Waals surface area contributed by atoms with E-state index in [-0.39, 0.29) is 12.1 Å². The second-order valence-corrected chi connectivity index (χ2v) is 5.09. The molecule has 0 bridgehead atoms. The van der Waals surface area contributed by atoms with E-state index in [4.69, 9.17) is 9.84 Å². The summed E-state index contributed by atoms with van der Waals surface area (Å²) >= 11 is 0. The molecule has 0 radical (unpaired) electrons. The van der Waals surface area contributed by atoms with Crippen molar-refractivity contribution in [2.75, 3.05) is 26.7 Å². The quantitative estimate of drug-likeness (QED) is 0.858. The summed E-state index contributed by atoms with van der Waals surface area (Å²) in [6.45, 7) is 1.88. The third-order valence-electron chi connectivity index (χ3n) is 3.80. The lowest BCUT2D eigenvalue weighted by atomic mass is 10.0. The van der Waals surface area contributed by atoms with E-state index in [1.807, 2.05) is 18.2 Å². The predicted octanol–water partition coefficient (Wildman–Crippen LogP) is 1.59. The van der Waals surface area contributed by atoms with Gasteiger partial charge >= 0.3 is 6.09 Å². The Labute approximate surface area is 119 Å². The predicted molar refractivity (Wildman–Crippen MR) is 76.9 cm³/mol. The maximum atomic E-state index is 11.0. The number of rotatable bonds is 5. The Balaban J connectivity index is 1.79. The van der Waals surface area contributed by atoms with Crippen molar-refractivity contribution in [2.24, 2.45) is 0 Å². The van der Waals surface area contributed by atoms with E-state index in [0.717, 1.165) is 19.4 Å². The summed E-state index contributed by atoms with van der Waals surface area (Å²) in [4.78, 5) is 12.4. The van der Waals surface area contributed by atoms with Gasteiger partial charge in [0, 0.05) is 19.7 Å². The molecule has 1 aromatic rings. The molecule has 0 saturated carbocycles. The summed E-state index contributed by atoms with van der Waals surface area (Å²) in [6, 6.07) is 10.5. The number of benzene rings is 1. The van der Waals surface area contributed by atoms with Crippen molar-refractivity contribution in [2.45, 2.75) is 25.0 Å². The molecule has 20 heavy (non-hydrogen) atoms. The molecule has 5 heteroatoms. The lowest BCUT2D eigenvalue weighted by Gasteiger charge is -2.36. The standard InChI is InChI=1S/C15H22N2O3/c1-20-14-11-17(15(18)19)10-8-13(14)16-9-7-12-5-3-2-4-6-12/h2-6,13-14,16H,7-11H2,1H3,(H,18,19)/t13-,14+/m1/s1. The minimum Gasteiger partial charge on any atom is -0.465 e. The van der Waals surface area contributed by atoms with Crippen molar-refractivity contribution < 1.29 is 14.6 Å². The molecule has 1 heterocycles. The van der Waals surface area contributed by atoms with Crippen molar-refractivity contribution in [1.82, 2.24) is 10.2 Å². The van der Waals surface area contributed by atoms with Crippen LogP contribution in [0, 0.1) is 0 Å². The Bertz CT molecular complexity index is 424. The zero-order chi connectivity index (χ0) is 14.4. The fourth-order valence-corrected chi connectivity index (χ4v) is 2.61. The molecule has 1 aromatic carbocycles. The summed E-state index contributed by atoms with van der Waals surface area (Å²) < 4.78 is 5.42. The molecule has 5 nitrogen and oxygen atoms in total. The second-order valence-electron chi connectivity index (χ2n) is 5.09. The van der Waals surface area contributed by atoms with Crippen LogP contribution in [-0.2, 0) is 11.2 Å². The molecule has 1 aliphatic rings. The molecule has 0 unspecified atom stereocenters. The number of hydrogen-bond acceptors (Lipinski definition) is 3. The highest BCUT2D eigenvalue weighted by molar-refractivity contribution is 5.65. The molecule has 1 aliphatic heterocycles. The van der Waals surface area contributed by atoms with E-state index >= 15 is 0 Å². The van der Waals surface area contributed by atoms with Crippen LogP contribution in [-0.4, -0.2) is 55.0 Å². The average molecular weight is 278 g/mol. The number of carbonyl (C=O) groups is 1. The summed E-state index contributed by atoms with van der Waals surface area (Å²) in [5.41, 5.74) is 1.30. The smallest absolute Gasteiger partial charge is 0.407 e. The molecule has 0 aromatic heterocycles. The van der Waals surface area contributed by atoms with Crippen LogP contribution in [0.5, 0.6) is 0 Å². The van der Waals surface area contributed by atoms with E-state index in [9.17, 15) is 4.79 Å². The summed E-state index contributed by atoms with van der Waals surface area (Å²) in [5, 5.41) is 12.5. The summed E-state index contributed by atoms with van der Waals surface area (Å²) in [7, 11) is 1.64. The van der Waals surface area contributed by atoms with E-state index in [2.05, 4.69) is 17.4 Å². The number of amides is 1. The number of ether oxygens (including phenoxy) is 1. The van der Waals surface area contributed by atoms with Crippen LogP contribution < -0.4 is 5.32 Å². The van der Waals surface area contributed by atoms with Crippen LogP contribution in [0.2, 0.25) is 0 Å². The van der Waals surface area contributed by atoms with E-state index in [1.165, 1.54) is 10.5 Å². The Kier molecular flexibility index (Phi) is 5.38. The van der Waals surface area contributed by atoms with Crippen molar-refractivity contribution in [3.63, 3.8) is 0 Å². The van der Waals surface area contributed by atoms with Gasteiger partial charge in [-0.05, 0) is 24.9 Å². The van der Waals surface area contributed by atoms with Crippen molar-refractivity contribution in [1.29, 1.82) is 0 Å². The molecule has 1 amide bonds. The van der Waals surface area contributed by atoms with Crippen molar-refractivity contribution in [3.05, 3.63) is 35.9 Å². The highest BCUT2D eigenvalue weighted by Crippen LogP contribution is 2.14. The van der Waals surface area contributed by atoms with Crippen LogP contribution in [0.25, 0.3) is 0 Å². The monoisotopic (exact) mass is 278 g/mol. The molecule has 0 aliphatic carbocycles. The largest absolute Gasteiger partial charge is 0.465 e. The fraction of sp³-hybridized carbons (Fsp3) is 0.533. The number of hydrogen-bond donors (Lipinski definition) is 2. The molecule has 1 fully saturated rings. The Morgan fingerprint density at radius 1 is 1.45 bits per heavy atom. The Morgan fingerprint density at radius 3 is 2.85 bits per heavy atom. The molecule has 2 atom stereocenters. The SMILES string of the molecule is CO[C@H]1CN(C(=O)O)CC[C@H]1NCCc1ccccc1. The van der Waals surface area contributed by atoms with Gasteiger partial charge in [-0.1, -0.05) is 30.3 Å². The van der Waals surface area contributed by atoms with Crippen LogP contribution in [0.15, 0.2) is 30.3 Å². The van der Waals surface area contributed by atoms with Gasteiger partial charge in [-0.3, -0.25) is 0 Å². The van der Waals surface area contributed by atoms with Gasteiger partial charge in [0.15, 0.2) is 0 Å². The van der Waals surface area contributed by atoms with Gasteiger partial charge in [-0.25, -0.2) is 4.79 Å². The van der Waals surface area contributed by atoms with Gasteiger partial charge in [0.25, 0.3) is 0 Å². The Hall–Kier alpha value is -1.59. The van der Waals surface area contributed by atoms with Gasteiger partial charge in [0.2, 0.25) is 0 Å². The first-order chi connectivity index (χ1) is 9.70. The van der Waals surface area contributed by atoms with Crippen LogP contribution in [0.4, 0.5) is 4.79 Å². The molecule has 2 N–H and O–H groups in total. The zero-order valence-electron chi connectivity index (χ0n) is 11.8. The zero-order valence-corrected chi connectivity index (χ0v) is 11.8. The van der Waals surface area contributed by atoms with Gasteiger partial charge < -0.3 is 20.1 Å². The maximum absolute atomic E-state index is 11.0. The highest BCUT2D eigenvalue weighted by Gasteiger charge is 2.30. The number of nitrogens with one attached hydrogen (secondary N) is 1. The molecule has 110 valence electrons. The second kappa shape index (κ2) is 7.26. The minimum absolute atomic E-state index is 0.0735. The van der Waals surface area contributed by atoms with E-state index in [0.29, 0.717) is 13.1 Å². The number of nitrogens with zero attached hydrogens (tertiary/aromatic N) is 1. The molecule has 1 saturated heterocycles.